The molecule has 0 radical (unpaired) electrons. The van der Waals surface area contributed by atoms with Crippen molar-refractivity contribution in [3.8, 4) is 6.07 Å². The average Bonchev–Trinajstić information content (AvgIpc) is 2.28. The first-order valence-electron chi connectivity index (χ1n) is 4.90. The third kappa shape index (κ3) is 3.11. The van der Waals surface area contributed by atoms with Crippen LogP contribution in [0, 0.1) is 11.3 Å². The average molecular weight is 243 g/mol. The van der Waals surface area contributed by atoms with E-state index in [9.17, 15) is 13.2 Å². The van der Waals surface area contributed by atoms with Gasteiger partial charge in [0, 0.05) is 19.3 Å². The lowest BCUT2D eigenvalue weighted by molar-refractivity contribution is -0.145. The molecule has 0 aliphatic heterocycles. The minimum Gasteiger partial charge on any atom is -0.362 e. The molecule has 1 aromatic carbocycles. The fourth-order valence-corrected chi connectivity index (χ4v) is 1.46. The minimum atomic E-state index is -4.38. The molecule has 3 nitrogen and oxygen atoms in total. The number of hydrogen-bond donors (Lipinski definition) is 1. The van der Waals surface area contributed by atoms with Crippen LogP contribution in [0.15, 0.2) is 24.3 Å². The highest BCUT2D eigenvalue weighted by Crippen LogP contribution is 2.27. The molecule has 6 heteroatoms. The lowest BCUT2D eigenvalue weighted by Gasteiger charge is -2.30. The first kappa shape index (κ1) is 13.3. The van der Waals surface area contributed by atoms with Gasteiger partial charge in [-0.2, -0.15) is 18.4 Å². The molecule has 0 aliphatic carbocycles. The Hall–Kier alpha value is -1.74. The van der Waals surface area contributed by atoms with Gasteiger partial charge < -0.3 is 10.6 Å². The van der Waals surface area contributed by atoms with Crippen LogP contribution in [0.1, 0.15) is 5.56 Å². The molecule has 1 aromatic rings. The second-order valence-corrected chi connectivity index (χ2v) is 3.56. The van der Waals surface area contributed by atoms with E-state index in [-0.39, 0.29) is 0 Å². The van der Waals surface area contributed by atoms with E-state index in [0.717, 1.165) is 4.90 Å². The van der Waals surface area contributed by atoms with Crippen molar-refractivity contribution in [2.75, 3.05) is 18.5 Å². The van der Waals surface area contributed by atoms with E-state index >= 15 is 0 Å². The fourth-order valence-electron chi connectivity index (χ4n) is 1.46. The van der Waals surface area contributed by atoms with Gasteiger partial charge in [-0.25, -0.2) is 0 Å². The summed E-state index contributed by atoms with van der Waals surface area (Å²) in [7, 11) is 1.33. The Morgan fingerprint density at radius 3 is 2.24 bits per heavy atom. The summed E-state index contributed by atoms with van der Waals surface area (Å²) in [5.41, 5.74) is 5.91. The van der Waals surface area contributed by atoms with Crippen molar-refractivity contribution in [2.45, 2.75) is 12.2 Å². The normalized spacial score (nSPS) is 12.9. The fraction of sp³-hybridized carbons (Fsp3) is 0.364. The van der Waals surface area contributed by atoms with Crippen LogP contribution < -0.4 is 10.6 Å². The van der Waals surface area contributed by atoms with Crippen molar-refractivity contribution in [3.63, 3.8) is 0 Å². The Morgan fingerprint density at radius 1 is 1.35 bits per heavy atom. The Kier molecular flexibility index (Phi) is 3.97. The SMILES string of the molecule is CN(c1ccc(C#N)cc1)C(CN)C(F)(F)F. The number of halogens is 3. The summed E-state index contributed by atoms with van der Waals surface area (Å²) in [5, 5.41) is 8.59. The molecular weight excluding hydrogens is 231 g/mol. The van der Waals surface area contributed by atoms with E-state index < -0.39 is 18.8 Å². The summed E-state index contributed by atoms with van der Waals surface area (Å²) < 4.78 is 37.9. The van der Waals surface area contributed by atoms with Gasteiger partial charge in [0.1, 0.15) is 6.04 Å². The van der Waals surface area contributed by atoms with Crippen LogP contribution in [0.25, 0.3) is 0 Å². The Labute approximate surface area is 97.2 Å². The van der Waals surface area contributed by atoms with Gasteiger partial charge in [-0.05, 0) is 24.3 Å². The van der Waals surface area contributed by atoms with Gasteiger partial charge in [-0.1, -0.05) is 0 Å². The van der Waals surface area contributed by atoms with E-state index in [1.807, 2.05) is 6.07 Å². The van der Waals surface area contributed by atoms with Crippen molar-refractivity contribution in [1.82, 2.24) is 0 Å². The maximum atomic E-state index is 12.6. The predicted molar refractivity (Wildman–Crippen MR) is 58.5 cm³/mol. The maximum Gasteiger partial charge on any atom is 0.409 e. The van der Waals surface area contributed by atoms with Crippen LogP contribution in [-0.2, 0) is 0 Å². The molecule has 1 atom stereocenters. The standard InChI is InChI=1S/C11H12F3N3/c1-17(10(7-16)11(12,13)14)9-4-2-8(6-15)3-5-9/h2-5,10H,7,16H2,1H3. The quantitative estimate of drug-likeness (QED) is 0.881. The molecule has 0 fully saturated rings. The van der Waals surface area contributed by atoms with Crippen LogP contribution in [0.2, 0.25) is 0 Å². The van der Waals surface area contributed by atoms with Crippen molar-refractivity contribution in [1.29, 1.82) is 5.26 Å². The molecule has 0 aromatic heterocycles. The summed E-state index contributed by atoms with van der Waals surface area (Å²) in [4.78, 5) is 1.06. The molecule has 0 bridgehead atoms. The van der Waals surface area contributed by atoms with Gasteiger partial charge in [-0.3, -0.25) is 0 Å². The van der Waals surface area contributed by atoms with E-state index in [1.165, 1.54) is 31.3 Å². The molecule has 17 heavy (non-hydrogen) atoms. The maximum absolute atomic E-state index is 12.6. The van der Waals surface area contributed by atoms with Gasteiger partial charge >= 0.3 is 6.18 Å². The van der Waals surface area contributed by atoms with E-state index in [1.54, 1.807) is 0 Å². The zero-order valence-corrected chi connectivity index (χ0v) is 9.20. The number of rotatable bonds is 3. The summed E-state index contributed by atoms with van der Waals surface area (Å²) in [6.45, 7) is -0.514. The number of alkyl halides is 3. The summed E-state index contributed by atoms with van der Waals surface area (Å²) in [6.07, 6.45) is -4.38. The van der Waals surface area contributed by atoms with E-state index in [4.69, 9.17) is 11.0 Å². The van der Waals surface area contributed by atoms with Crippen LogP contribution in [0.3, 0.4) is 0 Å². The van der Waals surface area contributed by atoms with Gasteiger partial charge in [0.2, 0.25) is 0 Å². The van der Waals surface area contributed by atoms with Gasteiger partial charge in [0.05, 0.1) is 11.6 Å². The molecule has 92 valence electrons. The number of benzene rings is 1. The minimum absolute atomic E-state index is 0.372. The molecule has 0 amide bonds. The highest BCUT2D eigenvalue weighted by molar-refractivity contribution is 5.50. The highest BCUT2D eigenvalue weighted by atomic mass is 19.4. The second kappa shape index (κ2) is 5.06. The van der Waals surface area contributed by atoms with Gasteiger partial charge in [-0.15, -0.1) is 0 Å². The van der Waals surface area contributed by atoms with Crippen LogP contribution in [0.4, 0.5) is 18.9 Å². The third-order valence-electron chi connectivity index (χ3n) is 2.47. The van der Waals surface area contributed by atoms with E-state index in [2.05, 4.69) is 0 Å². The van der Waals surface area contributed by atoms with Crippen LogP contribution in [0.5, 0.6) is 0 Å². The van der Waals surface area contributed by atoms with Crippen LogP contribution in [-0.4, -0.2) is 25.8 Å². The number of nitrogens with zero attached hydrogens (tertiary/aromatic N) is 2. The summed E-state index contributed by atoms with van der Waals surface area (Å²) in [6, 6.07) is 6.04. The van der Waals surface area contributed by atoms with Gasteiger partial charge in [0.15, 0.2) is 0 Å². The largest absolute Gasteiger partial charge is 0.409 e. The lowest BCUT2D eigenvalue weighted by Crippen LogP contribution is -2.48. The van der Waals surface area contributed by atoms with Gasteiger partial charge in [0.25, 0.3) is 0 Å². The van der Waals surface area contributed by atoms with E-state index in [0.29, 0.717) is 11.3 Å². The number of nitriles is 1. The topological polar surface area (TPSA) is 53.0 Å². The lowest BCUT2D eigenvalue weighted by atomic mass is 10.1. The van der Waals surface area contributed by atoms with Crippen molar-refractivity contribution in [3.05, 3.63) is 29.8 Å². The highest BCUT2D eigenvalue weighted by Gasteiger charge is 2.41. The Bertz CT molecular complexity index is 405. The number of hydrogen-bond acceptors (Lipinski definition) is 3. The monoisotopic (exact) mass is 243 g/mol. The molecule has 1 rings (SSSR count). The predicted octanol–water partition coefficient (Wildman–Crippen LogP) is 1.88. The second-order valence-electron chi connectivity index (χ2n) is 3.56. The zero-order chi connectivity index (χ0) is 13.1. The zero-order valence-electron chi connectivity index (χ0n) is 9.20. The molecule has 0 aliphatic rings. The molecular formula is C11H12F3N3. The molecule has 0 spiro atoms. The third-order valence-corrected chi connectivity index (χ3v) is 2.47. The molecule has 0 saturated heterocycles. The Morgan fingerprint density at radius 2 is 1.88 bits per heavy atom. The smallest absolute Gasteiger partial charge is 0.362 e. The molecule has 2 N–H and O–H groups in total. The summed E-state index contributed by atoms with van der Waals surface area (Å²) >= 11 is 0. The molecule has 0 heterocycles. The molecule has 1 unspecified atom stereocenters. The number of likely N-dealkylation sites (N-methyl/N-ethyl adjacent to an activating group) is 1. The van der Waals surface area contributed by atoms with Crippen molar-refractivity contribution >= 4 is 5.69 Å². The number of nitrogens with two attached hydrogens (primary N) is 1. The first-order chi connectivity index (χ1) is 7.90. The summed E-state index contributed by atoms with van der Waals surface area (Å²) in [5.74, 6) is 0. The number of anilines is 1. The van der Waals surface area contributed by atoms with Crippen LogP contribution >= 0.6 is 0 Å². The molecule has 0 saturated carbocycles. The first-order valence-corrected chi connectivity index (χ1v) is 4.90. The Balaban J connectivity index is 2.95. The van der Waals surface area contributed by atoms with Crippen molar-refractivity contribution in [2.24, 2.45) is 5.73 Å². The van der Waals surface area contributed by atoms with Crippen molar-refractivity contribution < 1.29 is 13.2 Å².